The molecule has 2 aliphatic heterocycles. The van der Waals surface area contributed by atoms with Crippen LogP contribution in [0.4, 0.5) is 0 Å². The van der Waals surface area contributed by atoms with Crippen molar-refractivity contribution in [1.29, 1.82) is 0 Å². The largest absolute Gasteiger partial charge is 0.487 e. The molecule has 5 nitrogen and oxygen atoms in total. The van der Waals surface area contributed by atoms with E-state index in [-0.39, 0.29) is 11.4 Å². The van der Waals surface area contributed by atoms with E-state index in [1.165, 1.54) is 17.4 Å². The van der Waals surface area contributed by atoms with E-state index < -0.39 is 9.84 Å². The summed E-state index contributed by atoms with van der Waals surface area (Å²) in [5, 5.41) is 0. The van der Waals surface area contributed by atoms with Crippen molar-refractivity contribution < 1.29 is 13.2 Å². The topological polar surface area (TPSA) is 59.5 Å². The minimum atomic E-state index is -3.02. The second-order valence-electron chi connectivity index (χ2n) is 9.51. The van der Waals surface area contributed by atoms with Crippen LogP contribution in [0.25, 0.3) is 11.1 Å². The van der Waals surface area contributed by atoms with Gasteiger partial charge in [0.25, 0.3) is 0 Å². The molecule has 2 aliphatic rings. The van der Waals surface area contributed by atoms with Crippen LogP contribution in [-0.4, -0.2) is 43.2 Å². The second-order valence-corrected chi connectivity index (χ2v) is 11.7. The van der Waals surface area contributed by atoms with Crippen LogP contribution in [0, 0.1) is 0 Å². The maximum absolute atomic E-state index is 11.5. The Balaban J connectivity index is 1.24. The Morgan fingerprint density at radius 3 is 2.42 bits per heavy atom. The van der Waals surface area contributed by atoms with E-state index in [0.29, 0.717) is 0 Å². The van der Waals surface area contributed by atoms with Crippen molar-refractivity contribution in [2.75, 3.05) is 19.3 Å². The quantitative estimate of drug-likeness (QED) is 0.552. The maximum Gasteiger partial charge on any atom is 0.151 e. The molecule has 0 amide bonds. The Morgan fingerprint density at radius 2 is 1.73 bits per heavy atom. The Labute approximate surface area is 196 Å². The molecule has 172 valence electrons. The lowest BCUT2D eigenvalue weighted by Gasteiger charge is -2.44. The maximum atomic E-state index is 11.5. The molecule has 1 saturated heterocycles. The number of likely N-dealkylation sites (tertiary alicyclic amines) is 1. The van der Waals surface area contributed by atoms with Gasteiger partial charge in [-0.25, -0.2) is 8.42 Å². The van der Waals surface area contributed by atoms with Gasteiger partial charge in [-0.05, 0) is 71.7 Å². The molecular weight excluding hydrogens is 432 g/mol. The first kappa shape index (κ1) is 22.1. The van der Waals surface area contributed by atoms with Gasteiger partial charge >= 0.3 is 0 Å². The monoisotopic (exact) mass is 462 g/mol. The van der Waals surface area contributed by atoms with Crippen molar-refractivity contribution in [3.63, 3.8) is 0 Å². The van der Waals surface area contributed by atoms with E-state index in [0.717, 1.165) is 67.8 Å². The molecule has 5 rings (SSSR count). The molecule has 3 aromatic rings. The van der Waals surface area contributed by atoms with Gasteiger partial charge in [-0.2, -0.15) is 0 Å². The third-order valence-electron chi connectivity index (χ3n) is 6.85. The molecule has 0 N–H and O–H groups in total. The number of nitrogens with zero attached hydrogens (tertiary/aromatic N) is 2. The van der Waals surface area contributed by atoms with Gasteiger partial charge in [0, 0.05) is 38.3 Å². The minimum absolute atomic E-state index is 0.0484. The van der Waals surface area contributed by atoms with Gasteiger partial charge in [-0.3, -0.25) is 9.88 Å². The van der Waals surface area contributed by atoms with Gasteiger partial charge in [-0.1, -0.05) is 36.4 Å². The first-order chi connectivity index (χ1) is 15.9. The molecule has 0 aliphatic carbocycles. The van der Waals surface area contributed by atoms with E-state index in [1.807, 2.05) is 42.7 Å². The summed E-state index contributed by atoms with van der Waals surface area (Å²) in [4.78, 5) is 6.73. The lowest BCUT2D eigenvalue weighted by atomic mass is 9.82. The lowest BCUT2D eigenvalue weighted by Crippen LogP contribution is -2.49. The summed E-state index contributed by atoms with van der Waals surface area (Å²) < 4.78 is 29.7. The van der Waals surface area contributed by atoms with Crippen molar-refractivity contribution in [1.82, 2.24) is 9.88 Å². The third-order valence-corrected chi connectivity index (χ3v) is 7.71. The molecule has 33 heavy (non-hydrogen) atoms. The third kappa shape index (κ3) is 5.28. The van der Waals surface area contributed by atoms with Crippen molar-refractivity contribution in [2.24, 2.45) is 0 Å². The molecule has 1 fully saturated rings. The van der Waals surface area contributed by atoms with Crippen LogP contribution >= 0.6 is 0 Å². The molecule has 0 unspecified atom stereocenters. The zero-order valence-electron chi connectivity index (χ0n) is 19.0. The molecule has 3 heterocycles. The van der Waals surface area contributed by atoms with Crippen LogP contribution < -0.4 is 4.74 Å². The minimum Gasteiger partial charge on any atom is -0.487 e. The molecule has 1 aromatic heterocycles. The molecule has 2 aromatic carbocycles. The number of fused-ring (bicyclic) bond motifs is 1. The highest BCUT2D eigenvalue weighted by Crippen LogP contribution is 2.41. The van der Waals surface area contributed by atoms with Crippen molar-refractivity contribution in [3.05, 3.63) is 83.7 Å². The highest BCUT2D eigenvalue weighted by Gasteiger charge is 2.39. The Hall–Kier alpha value is -2.70. The number of aromatic nitrogens is 1. The average Bonchev–Trinajstić information content (AvgIpc) is 2.81. The number of rotatable bonds is 5. The van der Waals surface area contributed by atoms with Gasteiger partial charge in [0.15, 0.2) is 9.84 Å². The van der Waals surface area contributed by atoms with E-state index in [1.54, 1.807) is 0 Å². The highest BCUT2D eigenvalue weighted by atomic mass is 32.2. The van der Waals surface area contributed by atoms with Gasteiger partial charge in [0.2, 0.25) is 0 Å². The van der Waals surface area contributed by atoms with Crippen molar-refractivity contribution in [2.45, 2.75) is 43.6 Å². The number of ether oxygens (including phenoxy) is 1. The number of benzene rings is 2. The summed E-state index contributed by atoms with van der Waals surface area (Å²) in [6.45, 7) is 3.04. The first-order valence-corrected chi connectivity index (χ1v) is 13.6. The smallest absolute Gasteiger partial charge is 0.151 e. The number of hydrogen-bond acceptors (Lipinski definition) is 5. The van der Waals surface area contributed by atoms with Gasteiger partial charge in [0.1, 0.15) is 11.4 Å². The molecule has 0 atom stereocenters. The number of sulfone groups is 1. The molecule has 1 spiro atoms. The van der Waals surface area contributed by atoms with Crippen molar-refractivity contribution in [3.8, 4) is 16.9 Å². The van der Waals surface area contributed by atoms with Crippen molar-refractivity contribution >= 4 is 9.84 Å². The molecule has 0 saturated carbocycles. The fraction of sp³-hybridized carbons (Fsp3) is 0.370. The van der Waals surface area contributed by atoms with Crippen LogP contribution in [-0.2, 0) is 28.6 Å². The molecular formula is C27H30N2O3S. The highest BCUT2D eigenvalue weighted by molar-refractivity contribution is 7.89. The second kappa shape index (κ2) is 8.92. The predicted molar refractivity (Wildman–Crippen MR) is 131 cm³/mol. The van der Waals surface area contributed by atoms with Crippen LogP contribution in [0.1, 0.15) is 36.0 Å². The fourth-order valence-corrected chi connectivity index (χ4v) is 5.82. The van der Waals surface area contributed by atoms with E-state index in [9.17, 15) is 8.42 Å². The van der Waals surface area contributed by atoms with Crippen LogP contribution in [0.5, 0.6) is 5.75 Å². The number of pyridine rings is 1. The predicted octanol–water partition coefficient (Wildman–Crippen LogP) is 4.65. The SMILES string of the molecule is CS(=O)(=O)Cc1ccc(-c2ccc3c(c2)CCC2(CCN(Cc4cccnc4)CC2)O3)cc1. The summed E-state index contributed by atoms with van der Waals surface area (Å²) in [6.07, 6.45) is 9.22. The summed E-state index contributed by atoms with van der Waals surface area (Å²) in [6, 6.07) is 18.4. The number of hydrogen-bond donors (Lipinski definition) is 0. The van der Waals surface area contributed by atoms with Gasteiger partial charge in [0.05, 0.1) is 5.75 Å². The summed E-state index contributed by atoms with van der Waals surface area (Å²) in [5.74, 6) is 1.09. The van der Waals surface area contributed by atoms with Crippen LogP contribution in [0.2, 0.25) is 0 Å². The molecule has 6 heteroatoms. The summed E-state index contributed by atoms with van der Waals surface area (Å²) >= 11 is 0. The zero-order chi connectivity index (χ0) is 22.9. The van der Waals surface area contributed by atoms with E-state index in [4.69, 9.17) is 4.74 Å². The number of piperidine rings is 1. The van der Waals surface area contributed by atoms with E-state index in [2.05, 4.69) is 34.1 Å². The fourth-order valence-electron chi connectivity index (χ4n) is 5.02. The lowest BCUT2D eigenvalue weighted by molar-refractivity contribution is -0.0163. The zero-order valence-corrected chi connectivity index (χ0v) is 19.9. The van der Waals surface area contributed by atoms with Gasteiger partial charge < -0.3 is 4.74 Å². The Bertz CT molecular complexity index is 1220. The summed E-state index contributed by atoms with van der Waals surface area (Å²) in [7, 11) is -3.02. The van der Waals surface area contributed by atoms with E-state index >= 15 is 0 Å². The average molecular weight is 463 g/mol. The summed E-state index contributed by atoms with van der Waals surface area (Å²) in [5.41, 5.74) is 5.54. The standard InChI is InChI=1S/C27H30N2O3S/c1-33(30,31)20-21-4-6-23(7-5-21)24-8-9-26-25(17-24)10-11-27(32-26)12-15-29(16-13-27)19-22-3-2-14-28-18-22/h2-9,14,17-18H,10-13,15-16,19-20H2,1H3. The first-order valence-electron chi connectivity index (χ1n) is 11.6. The van der Waals surface area contributed by atoms with Crippen LogP contribution in [0.3, 0.4) is 0 Å². The number of aryl methyl sites for hydroxylation is 1. The van der Waals surface area contributed by atoms with Gasteiger partial charge in [-0.15, -0.1) is 0 Å². The molecule has 0 radical (unpaired) electrons. The Kier molecular flexibility index (Phi) is 5.97. The van der Waals surface area contributed by atoms with Crippen LogP contribution in [0.15, 0.2) is 67.0 Å². The molecule has 0 bridgehead atoms. The Morgan fingerprint density at radius 1 is 0.970 bits per heavy atom. The normalized spacial score (nSPS) is 18.0.